The van der Waals surface area contributed by atoms with Crippen LogP contribution in [0.15, 0.2) is 36.4 Å². The van der Waals surface area contributed by atoms with Crippen molar-refractivity contribution in [1.29, 1.82) is 0 Å². The summed E-state index contributed by atoms with van der Waals surface area (Å²) in [6.07, 6.45) is 2.49. The number of hydrogen-bond donors (Lipinski definition) is 1. The van der Waals surface area contributed by atoms with Crippen LogP contribution in [-0.4, -0.2) is 40.2 Å². The van der Waals surface area contributed by atoms with Gasteiger partial charge in [-0.3, -0.25) is 9.48 Å². The fourth-order valence-electron chi connectivity index (χ4n) is 3.36. The summed E-state index contributed by atoms with van der Waals surface area (Å²) >= 11 is 0. The van der Waals surface area contributed by atoms with E-state index in [0.717, 1.165) is 30.9 Å². The van der Waals surface area contributed by atoms with Crippen LogP contribution in [-0.2, 0) is 7.05 Å². The number of likely N-dealkylation sites (tertiary alicyclic amines) is 1. The smallest absolute Gasteiger partial charge is 0.270 e. The van der Waals surface area contributed by atoms with Gasteiger partial charge in [-0.15, -0.1) is 0 Å². The number of aryl methyl sites for hydroxylation is 1. The molecule has 0 unspecified atom stereocenters. The second-order valence-corrected chi connectivity index (χ2v) is 7.18. The van der Waals surface area contributed by atoms with Gasteiger partial charge in [-0.05, 0) is 43.5 Å². The molecule has 1 atom stereocenters. The van der Waals surface area contributed by atoms with E-state index in [1.165, 1.54) is 12.8 Å². The molecule has 0 spiro atoms. The van der Waals surface area contributed by atoms with Crippen LogP contribution in [0.1, 0.15) is 60.4 Å². The van der Waals surface area contributed by atoms with Crippen molar-refractivity contribution in [1.82, 2.24) is 20.0 Å². The summed E-state index contributed by atoms with van der Waals surface area (Å²) in [6.45, 7) is 7.25. The van der Waals surface area contributed by atoms with Gasteiger partial charge in [0.15, 0.2) is 0 Å². The molecule has 2 heterocycles. The molecular formula is C20H28N4O. The van der Waals surface area contributed by atoms with Gasteiger partial charge >= 0.3 is 0 Å². The van der Waals surface area contributed by atoms with Crippen molar-refractivity contribution in [2.24, 2.45) is 7.05 Å². The van der Waals surface area contributed by atoms with Crippen molar-refractivity contribution in [3.05, 3.63) is 53.3 Å². The lowest BCUT2D eigenvalue weighted by molar-refractivity contribution is 0.0917. The topological polar surface area (TPSA) is 50.2 Å². The quantitative estimate of drug-likeness (QED) is 0.879. The Labute approximate surface area is 150 Å². The maximum Gasteiger partial charge on any atom is 0.270 e. The van der Waals surface area contributed by atoms with E-state index in [4.69, 9.17) is 0 Å². The predicted molar refractivity (Wildman–Crippen MR) is 99.6 cm³/mol. The Morgan fingerprint density at radius 2 is 1.88 bits per heavy atom. The summed E-state index contributed by atoms with van der Waals surface area (Å²) in [7, 11) is 1.83. The van der Waals surface area contributed by atoms with E-state index in [-0.39, 0.29) is 11.9 Å². The van der Waals surface area contributed by atoms with Crippen LogP contribution in [0.4, 0.5) is 0 Å². The molecule has 5 nitrogen and oxygen atoms in total. The minimum absolute atomic E-state index is 0.0100. The second-order valence-electron chi connectivity index (χ2n) is 7.18. The van der Waals surface area contributed by atoms with Crippen molar-refractivity contribution < 1.29 is 4.79 Å². The van der Waals surface area contributed by atoms with Crippen LogP contribution >= 0.6 is 0 Å². The van der Waals surface area contributed by atoms with Gasteiger partial charge in [-0.1, -0.05) is 44.2 Å². The average Bonchev–Trinajstić information content (AvgIpc) is 3.24. The Morgan fingerprint density at radius 1 is 1.20 bits per heavy atom. The highest BCUT2D eigenvalue weighted by molar-refractivity contribution is 5.93. The molecule has 0 aliphatic carbocycles. The van der Waals surface area contributed by atoms with Crippen LogP contribution in [0.3, 0.4) is 0 Å². The molecule has 3 rings (SSSR count). The normalized spacial score (nSPS) is 16.3. The molecule has 1 aromatic carbocycles. The van der Waals surface area contributed by atoms with Crippen molar-refractivity contribution in [3.63, 3.8) is 0 Å². The van der Waals surface area contributed by atoms with Gasteiger partial charge in [0, 0.05) is 13.6 Å². The van der Waals surface area contributed by atoms with E-state index in [0.29, 0.717) is 11.6 Å². The minimum atomic E-state index is -0.0602. The zero-order valence-electron chi connectivity index (χ0n) is 15.4. The first-order valence-corrected chi connectivity index (χ1v) is 9.16. The van der Waals surface area contributed by atoms with Gasteiger partial charge in [0.2, 0.25) is 0 Å². The fraction of sp³-hybridized carbons (Fsp3) is 0.500. The van der Waals surface area contributed by atoms with Gasteiger partial charge in [-0.25, -0.2) is 0 Å². The SMILES string of the molecule is CC(C)c1cc(C(=O)N[C@@H](CN2CCCC2)c2ccccc2)n(C)n1. The van der Waals surface area contributed by atoms with Crippen molar-refractivity contribution in [2.75, 3.05) is 19.6 Å². The van der Waals surface area contributed by atoms with Gasteiger partial charge in [0.05, 0.1) is 11.7 Å². The molecule has 0 saturated carbocycles. The standard InChI is InChI=1S/C20H28N4O/c1-15(2)17-13-19(23(3)22-17)20(25)21-18(14-24-11-7-8-12-24)16-9-5-4-6-10-16/h4-6,9-10,13,15,18H,7-8,11-12,14H2,1-3H3,(H,21,25)/t18-/m0/s1. The van der Waals surface area contributed by atoms with E-state index in [1.807, 2.05) is 31.3 Å². The zero-order chi connectivity index (χ0) is 17.8. The molecule has 134 valence electrons. The summed E-state index contributed by atoms with van der Waals surface area (Å²) in [5.41, 5.74) is 2.71. The number of benzene rings is 1. The highest BCUT2D eigenvalue weighted by atomic mass is 16.2. The summed E-state index contributed by atoms with van der Waals surface area (Å²) in [5, 5.41) is 7.69. The van der Waals surface area contributed by atoms with Crippen molar-refractivity contribution in [2.45, 2.75) is 38.6 Å². The molecule has 1 saturated heterocycles. The molecule has 1 fully saturated rings. The Kier molecular flexibility index (Phi) is 5.53. The first-order chi connectivity index (χ1) is 12.0. The van der Waals surface area contributed by atoms with Gasteiger partial charge in [0.25, 0.3) is 5.91 Å². The molecule has 1 aliphatic heterocycles. The second kappa shape index (κ2) is 7.83. The van der Waals surface area contributed by atoms with E-state index in [9.17, 15) is 4.79 Å². The van der Waals surface area contributed by atoms with Crippen molar-refractivity contribution >= 4 is 5.91 Å². The largest absolute Gasteiger partial charge is 0.343 e. The van der Waals surface area contributed by atoms with Crippen LogP contribution < -0.4 is 5.32 Å². The third kappa shape index (κ3) is 4.28. The van der Waals surface area contributed by atoms with E-state index < -0.39 is 0 Å². The maximum atomic E-state index is 12.9. The summed E-state index contributed by atoms with van der Waals surface area (Å²) in [5.74, 6) is 0.247. The monoisotopic (exact) mass is 340 g/mol. The summed E-state index contributed by atoms with van der Waals surface area (Å²) in [6, 6.07) is 12.1. The predicted octanol–water partition coefficient (Wildman–Crippen LogP) is 3.11. The van der Waals surface area contributed by atoms with Crippen LogP contribution in [0.5, 0.6) is 0 Å². The van der Waals surface area contributed by atoms with Gasteiger partial charge < -0.3 is 10.2 Å². The number of amides is 1. The summed E-state index contributed by atoms with van der Waals surface area (Å²) in [4.78, 5) is 15.3. The number of nitrogens with one attached hydrogen (secondary N) is 1. The minimum Gasteiger partial charge on any atom is -0.343 e. The molecule has 1 aliphatic rings. The lowest BCUT2D eigenvalue weighted by Crippen LogP contribution is -2.37. The number of rotatable bonds is 6. The van der Waals surface area contributed by atoms with E-state index in [2.05, 4.69) is 41.3 Å². The maximum absolute atomic E-state index is 12.9. The zero-order valence-corrected chi connectivity index (χ0v) is 15.4. The first-order valence-electron chi connectivity index (χ1n) is 9.16. The number of nitrogens with zero attached hydrogens (tertiary/aromatic N) is 3. The number of carbonyl (C=O) groups excluding carboxylic acids is 1. The first kappa shape index (κ1) is 17.7. The van der Waals surface area contributed by atoms with Crippen LogP contribution in [0.25, 0.3) is 0 Å². The summed E-state index contributed by atoms with van der Waals surface area (Å²) < 4.78 is 1.68. The van der Waals surface area contributed by atoms with Crippen LogP contribution in [0.2, 0.25) is 0 Å². The third-order valence-electron chi connectivity index (χ3n) is 4.87. The molecule has 2 aromatic rings. The highest BCUT2D eigenvalue weighted by Crippen LogP contribution is 2.19. The molecular weight excluding hydrogens is 312 g/mol. The Bertz CT molecular complexity index is 702. The van der Waals surface area contributed by atoms with Gasteiger partial charge in [0.1, 0.15) is 5.69 Å². The lowest BCUT2D eigenvalue weighted by Gasteiger charge is -2.25. The average molecular weight is 340 g/mol. The molecule has 0 radical (unpaired) electrons. The fourth-order valence-corrected chi connectivity index (χ4v) is 3.36. The highest BCUT2D eigenvalue weighted by Gasteiger charge is 2.23. The Morgan fingerprint density at radius 3 is 2.48 bits per heavy atom. The number of aromatic nitrogens is 2. The molecule has 1 N–H and O–H groups in total. The van der Waals surface area contributed by atoms with E-state index >= 15 is 0 Å². The Balaban J connectivity index is 1.78. The Hall–Kier alpha value is -2.14. The molecule has 5 heteroatoms. The molecule has 1 amide bonds. The van der Waals surface area contributed by atoms with Crippen LogP contribution in [0, 0.1) is 0 Å². The van der Waals surface area contributed by atoms with Crippen molar-refractivity contribution in [3.8, 4) is 0 Å². The molecule has 0 bridgehead atoms. The number of hydrogen-bond acceptors (Lipinski definition) is 3. The van der Waals surface area contributed by atoms with E-state index in [1.54, 1.807) is 4.68 Å². The molecule has 25 heavy (non-hydrogen) atoms. The lowest BCUT2D eigenvalue weighted by atomic mass is 10.1. The number of carbonyl (C=O) groups is 1. The van der Waals surface area contributed by atoms with Gasteiger partial charge in [-0.2, -0.15) is 5.10 Å². The third-order valence-corrected chi connectivity index (χ3v) is 4.87. The molecule has 1 aromatic heterocycles.